The van der Waals surface area contributed by atoms with Gasteiger partial charge in [0.05, 0.1) is 11.4 Å². The molecular formula is C31H36N4O2S. The summed E-state index contributed by atoms with van der Waals surface area (Å²) in [5.41, 5.74) is 1.30. The first-order chi connectivity index (χ1) is 18.5. The number of benzene rings is 2. The Bertz CT molecular complexity index is 1460. The Morgan fingerprint density at radius 2 is 1.66 bits per heavy atom. The number of fused-ring (bicyclic) bond motifs is 2. The SMILES string of the molecule is CN1CCN(C2(CN(Cc3cc4ccccc4[nH]c3=O)C(=O)c3cc4ccccc4s3)CCCCC2)CC1. The molecule has 1 aliphatic carbocycles. The molecule has 0 unspecified atom stereocenters. The molecule has 6 rings (SSSR count). The van der Waals surface area contributed by atoms with E-state index in [1.165, 1.54) is 19.3 Å². The summed E-state index contributed by atoms with van der Waals surface area (Å²) >= 11 is 1.55. The quantitative estimate of drug-likeness (QED) is 0.367. The molecule has 1 amide bonds. The number of carbonyl (C=O) groups excluding carboxylic acids is 1. The number of nitrogens with zero attached hydrogens (tertiary/aromatic N) is 3. The molecular weight excluding hydrogens is 492 g/mol. The lowest BCUT2D eigenvalue weighted by Crippen LogP contribution is -2.62. The number of piperazine rings is 1. The summed E-state index contributed by atoms with van der Waals surface area (Å²) in [4.78, 5) is 38.2. The summed E-state index contributed by atoms with van der Waals surface area (Å²) in [5, 5.41) is 2.08. The Morgan fingerprint density at radius 3 is 2.42 bits per heavy atom. The van der Waals surface area contributed by atoms with Crippen molar-refractivity contribution in [2.75, 3.05) is 39.8 Å². The number of likely N-dealkylation sites (N-methyl/N-ethyl adjacent to an activating group) is 1. The van der Waals surface area contributed by atoms with Crippen LogP contribution in [0.5, 0.6) is 0 Å². The number of carbonyl (C=O) groups is 1. The van der Waals surface area contributed by atoms with Crippen LogP contribution < -0.4 is 5.56 Å². The second-order valence-electron chi connectivity index (χ2n) is 11.1. The molecule has 6 nitrogen and oxygen atoms in total. The van der Waals surface area contributed by atoms with Gasteiger partial charge in [-0.1, -0.05) is 55.7 Å². The van der Waals surface area contributed by atoms with Gasteiger partial charge in [-0.25, -0.2) is 0 Å². The topological polar surface area (TPSA) is 59.6 Å². The van der Waals surface area contributed by atoms with Crippen LogP contribution in [-0.2, 0) is 6.54 Å². The lowest BCUT2D eigenvalue weighted by Gasteiger charge is -2.51. The molecule has 3 heterocycles. The smallest absolute Gasteiger partial charge is 0.264 e. The van der Waals surface area contributed by atoms with Gasteiger partial charge in [-0.15, -0.1) is 11.3 Å². The number of rotatable bonds is 6. The maximum absolute atomic E-state index is 14.2. The van der Waals surface area contributed by atoms with E-state index in [-0.39, 0.29) is 17.0 Å². The first kappa shape index (κ1) is 25.3. The van der Waals surface area contributed by atoms with E-state index in [2.05, 4.69) is 34.0 Å². The van der Waals surface area contributed by atoms with Crippen molar-refractivity contribution in [1.29, 1.82) is 0 Å². The lowest BCUT2D eigenvalue weighted by molar-refractivity contribution is -0.00943. The van der Waals surface area contributed by atoms with Gasteiger partial charge in [0.25, 0.3) is 11.5 Å². The number of hydrogen-bond donors (Lipinski definition) is 1. The van der Waals surface area contributed by atoms with Crippen LogP contribution in [0.2, 0.25) is 0 Å². The Labute approximate surface area is 227 Å². The largest absolute Gasteiger partial charge is 0.332 e. The molecule has 0 radical (unpaired) electrons. The molecule has 38 heavy (non-hydrogen) atoms. The minimum absolute atomic E-state index is 0.0258. The van der Waals surface area contributed by atoms with Crippen molar-refractivity contribution < 1.29 is 4.79 Å². The van der Waals surface area contributed by atoms with Crippen LogP contribution in [-0.4, -0.2) is 70.9 Å². The molecule has 2 fully saturated rings. The highest BCUT2D eigenvalue weighted by Crippen LogP contribution is 2.36. The minimum Gasteiger partial charge on any atom is -0.332 e. The van der Waals surface area contributed by atoms with Crippen molar-refractivity contribution in [2.24, 2.45) is 0 Å². The van der Waals surface area contributed by atoms with E-state index in [1.807, 2.05) is 53.4 Å². The molecule has 7 heteroatoms. The van der Waals surface area contributed by atoms with Crippen molar-refractivity contribution in [2.45, 2.75) is 44.2 Å². The molecule has 0 bridgehead atoms. The van der Waals surface area contributed by atoms with Crippen molar-refractivity contribution in [1.82, 2.24) is 19.7 Å². The third-order valence-corrected chi connectivity index (χ3v) is 9.66. The maximum Gasteiger partial charge on any atom is 0.264 e. The number of thiophene rings is 1. The third-order valence-electron chi connectivity index (χ3n) is 8.56. The Hall–Kier alpha value is -3.00. The number of H-pyrrole nitrogens is 1. The summed E-state index contributed by atoms with van der Waals surface area (Å²) < 4.78 is 1.12. The average molecular weight is 529 g/mol. The molecule has 1 saturated carbocycles. The summed E-state index contributed by atoms with van der Waals surface area (Å²) in [6.07, 6.45) is 5.83. The molecule has 0 atom stereocenters. The molecule has 1 N–H and O–H groups in total. The third kappa shape index (κ3) is 5.03. The summed E-state index contributed by atoms with van der Waals surface area (Å²) in [6, 6.07) is 20.0. The van der Waals surface area contributed by atoms with Gasteiger partial charge in [-0.2, -0.15) is 0 Å². The number of aromatic nitrogens is 1. The highest BCUT2D eigenvalue weighted by atomic mass is 32.1. The first-order valence-electron chi connectivity index (χ1n) is 13.8. The van der Waals surface area contributed by atoms with Crippen LogP contribution in [0.25, 0.3) is 21.0 Å². The van der Waals surface area contributed by atoms with Crippen LogP contribution in [0.3, 0.4) is 0 Å². The van der Waals surface area contributed by atoms with Gasteiger partial charge in [-0.3, -0.25) is 14.5 Å². The van der Waals surface area contributed by atoms with Crippen molar-refractivity contribution in [3.05, 3.63) is 81.5 Å². The van der Waals surface area contributed by atoms with E-state index in [1.54, 1.807) is 11.3 Å². The minimum atomic E-state index is -0.116. The fraction of sp³-hybridized carbons (Fsp3) is 0.419. The standard InChI is InChI=1S/C31H36N4O2S/c1-33-15-17-35(18-16-33)31(13-7-2-8-14-31)22-34(30(37)28-20-24-10-4-6-12-27(24)38-28)21-25-19-23-9-3-5-11-26(23)32-29(25)36/h3-6,9-12,19-20H,2,7-8,13-18,21-22H2,1H3,(H,32,36). The fourth-order valence-corrected chi connectivity index (χ4v) is 7.41. The number of pyridine rings is 1. The van der Waals surface area contributed by atoms with E-state index in [9.17, 15) is 9.59 Å². The van der Waals surface area contributed by atoms with E-state index < -0.39 is 0 Å². The van der Waals surface area contributed by atoms with Crippen molar-refractivity contribution >= 4 is 38.2 Å². The molecule has 2 aliphatic rings. The number of nitrogens with one attached hydrogen (secondary N) is 1. The van der Waals surface area contributed by atoms with Crippen molar-refractivity contribution in [3.8, 4) is 0 Å². The fourth-order valence-electron chi connectivity index (χ4n) is 6.38. The summed E-state index contributed by atoms with van der Waals surface area (Å²) in [5.74, 6) is 0.0258. The Balaban J connectivity index is 1.38. The second-order valence-corrected chi connectivity index (χ2v) is 12.2. The van der Waals surface area contributed by atoms with E-state index >= 15 is 0 Å². The second kappa shape index (κ2) is 10.6. The average Bonchev–Trinajstić information content (AvgIpc) is 3.38. The number of aromatic amines is 1. The zero-order chi connectivity index (χ0) is 26.1. The molecule has 2 aromatic heterocycles. The van der Waals surface area contributed by atoms with Gasteiger partial charge in [0, 0.05) is 54.0 Å². The van der Waals surface area contributed by atoms with Crippen LogP contribution in [0.15, 0.2) is 65.5 Å². The van der Waals surface area contributed by atoms with Crippen LogP contribution >= 0.6 is 11.3 Å². The molecule has 0 spiro atoms. The van der Waals surface area contributed by atoms with Crippen LogP contribution in [0.4, 0.5) is 0 Å². The lowest BCUT2D eigenvalue weighted by atomic mass is 9.79. The summed E-state index contributed by atoms with van der Waals surface area (Å²) in [6.45, 7) is 5.11. The number of hydrogen-bond acceptors (Lipinski definition) is 5. The predicted octanol–water partition coefficient (Wildman–Crippen LogP) is 5.34. The molecule has 1 aliphatic heterocycles. The molecule has 1 saturated heterocycles. The van der Waals surface area contributed by atoms with Gasteiger partial charge >= 0.3 is 0 Å². The molecule has 4 aromatic rings. The molecule has 2 aromatic carbocycles. The normalized spacial score (nSPS) is 18.7. The Kier molecular flexibility index (Phi) is 7.08. The van der Waals surface area contributed by atoms with Gasteiger partial charge in [-0.05, 0) is 54.9 Å². The van der Waals surface area contributed by atoms with Crippen LogP contribution in [0, 0.1) is 0 Å². The van der Waals surface area contributed by atoms with Crippen LogP contribution in [0.1, 0.15) is 47.3 Å². The maximum atomic E-state index is 14.2. The monoisotopic (exact) mass is 528 g/mol. The zero-order valence-electron chi connectivity index (χ0n) is 22.1. The van der Waals surface area contributed by atoms with Crippen molar-refractivity contribution in [3.63, 3.8) is 0 Å². The number of para-hydroxylation sites is 1. The van der Waals surface area contributed by atoms with E-state index in [0.717, 1.165) is 64.9 Å². The highest BCUT2D eigenvalue weighted by Gasteiger charge is 2.41. The first-order valence-corrected chi connectivity index (χ1v) is 14.6. The van der Waals surface area contributed by atoms with E-state index in [4.69, 9.17) is 0 Å². The van der Waals surface area contributed by atoms with Gasteiger partial charge in [0.15, 0.2) is 0 Å². The zero-order valence-corrected chi connectivity index (χ0v) is 22.9. The van der Waals surface area contributed by atoms with Gasteiger partial charge < -0.3 is 14.8 Å². The van der Waals surface area contributed by atoms with Gasteiger partial charge in [0.2, 0.25) is 0 Å². The summed E-state index contributed by atoms with van der Waals surface area (Å²) in [7, 11) is 2.19. The molecule has 198 valence electrons. The predicted molar refractivity (Wildman–Crippen MR) is 156 cm³/mol. The number of amides is 1. The van der Waals surface area contributed by atoms with Gasteiger partial charge in [0.1, 0.15) is 0 Å². The highest BCUT2D eigenvalue weighted by molar-refractivity contribution is 7.20. The van der Waals surface area contributed by atoms with E-state index in [0.29, 0.717) is 18.7 Å². The Morgan fingerprint density at radius 1 is 0.947 bits per heavy atom.